The molecule has 4 nitrogen and oxygen atoms in total. The van der Waals surface area contributed by atoms with E-state index in [0.717, 1.165) is 5.57 Å². The Morgan fingerprint density at radius 2 is 1.96 bits per heavy atom. The van der Waals surface area contributed by atoms with E-state index in [9.17, 15) is 19.8 Å². The van der Waals surface area contributed by atoms with E-state index in [4.69, 9.17) is 0 Å². The molecule has 4 aliphatic rings. The number of allylic oxidation sites excluding steroid dienone is 4. The summed E-state index contributed by atoms with van der Waals surface area (Å²) in [5.41, 5.74) is -4.62. The smallest absolute Gasteiger partial charge is 0.178 e. The summed E-state index contributed by atoms with van der Waals surface area (Å²) in [5, 5.41) is 22.5. The fourth-order valence-corrected chi connectivity index (χ4v) is 7.30. The van der Waals surface area contributed by atoms with E-state index in [0.29, 0.717) is 19.3 Å². The molecule has 5 heteroatoms. The van der Waals surface area contributed by atoms with Crippen molar-refractivity contribution in [3.05, 3.63) is 23.8 Å². The Balaban J connectivity index is 1.85. The number of carbonyl (C=O) groups excluding carboxylic acids is 2. The Bertz CT molecular complexity index is 787. The highest BCUT2D eigenvalue weighted by molar-refractivity contribution is 6.01. The molecule has 0 heterocycles. The molecule has 0 aliphatic heterocycles. The van der Waals surface area contributed by atoms with Crippen LogP contribution in [0.1, 0.15) is 53.4 Å². The van der Waals surface area contributed by atoms with Crippen molar-refractivity contribution in [2.75, 3.05) is 0 Å². The van der Waals surface area contributed by atoms with E-state index in [1.807, 2.05) is 13.8 Å². The third kappa shape index (κ3) is 1.95. The molecule has 0 bridgehead atoms. The van der Waals surface area contributed by atoms with Gasteiger partial charge in [-0.15, -0.1) is 0 Å². The minimum Gasteiger partial charge on any atom is -0.390 e. The normalized spacial score (nSPS) is 54.0. The van der Waals surface area contributed by atoms with Gasteiger partial charge in [-0.25, -0.2) is 4.39 Å². The molecular formula is C22H29FO4. The Morgan fingerprint density at radius 3 is 2.59 bits per heavy atom. The van der Waals surface area contributed by atoms with Crippen molar-refractivity contribution in [2.45, 2.75) is 70.8 Å². The number of Topliss-reactive ketones (excluding diaryl/α,β-unsaturated/α-hetero) is 1. The first-order chi connectivity index (χ1) is 12.4. The van der Waals surface area contributed by atoms with Crippen LogP contribution in [0.15, 0.2) is 23.8 Å². The number of halogens is 1. The summed E-state index contributed by atoms with van der Waals surface area (Å²) >= 11 is 0. The lowest BCUT2D eigenvalue weighted by atomic mass is 9.44. The molecule has 0 unspecified atom stereocenters. The molecule has 0 spiro atoms. The second kappa shape index (κ2) is 5.38. The number of fused-ring (bicyclic) bond motifs is 5. The second-order valence-corrected chi connectivity index (χ2v) is 9.72. The van der Waals surface area contributed by atoms with Gasteiger partial charge in [0.05, 0.1) is 6.10 Å². The van der Waals surface area contributed by atoms with Crippen molar-refractivity contribution in [3.8, 4) is 0 Å². The van der Waals surface area contributed by atoms with E-state index in [1.165, 1.54) is 19.1 Å². The van der Waals surface area contributed by atoms with Crippen molar-refractivity contribution >= 4 is 11.6 Å². The summed E-state index contributed by atoms with van der Waals surface area (Å²) in [5.74, 6) is -1.39. The maximum atomic E-state index is 16.8. The van der Waals surface area contributed by atoms with E-state index in [2.05, 4.69) is 0 Å². The molecule has 0 amide bonds. The molecule has 3 fully saturated rings. The molecule has 0 aromatic heterocycles. The highest BCUT2D eigenvalue weighted by Crippen LogP contribution is 2.70. The van der Waals surface area contributed by atoms with Gasteiger partial charge in [-0.3, -0.25) is 9.59 Å². The summed E-state index contributed by atoms with van der Waals surface area (Å²) in [6.07, 6.45) is 4.93. The van der Waals surface area contributed by atoms with Crippen LogP contribution in [0.5, 0.6) is 0 Å². The van der Waals surface area contributed by atoms with Gasteiger partial charge in [0.1, 0.15) is 5.60 Å². The third-order valence-electron chi connectivity index (χ3n) is 8.76. The maximum absolute atomic E-state index is 16.8. The number of hydrogen-bond acceptors (Lipinski definition) is 4. The molecule has 0 saturated heterocycles. The van der Waals surface area contributed by atoms with Crippen LogP contribution in [0.25, 0.3) is 0 Å². The summed E-state index contributed by atoms with van der Waals surface area (Å²) in [4.78, 5) is 24.3. The lowest BCUT2D eigenvalue weighted by molar-refractivity contribution is -0.218. The average Bonchev–Trinajstić information content (AvgIpc) is 2.79. The Labute approximate surface area is 159 Å². The number of aliphatic hydroxyl groups is 2. The molecule has 148 valence electrons. The number of ketones is 2. The fraction of sp³-hybridized carbons (Fsp3) is 0.727. The largest absolute Gasteiger partial charge is 0.390 e. The molecule has 0 aromatic rings. The first-order valence-electron chi connectivity index (χ1n) is 9.97. The van der Waals surface area contributed by atoms with Gasteiger partial charge < -0.3 is 10.2 Å². The minimum atomic E-state index is -1.92. The number of hydrogen-bond donors (Lipinski definition) is 2. The summed E-state index contributed by atoms with van der Waals surface area (Å²) in [7, 11) is 0. The van der Waals surface area contributed by atoms with Crippen LogP contribution in [0.2, 0.25) is 0 Å². The first kappa shape index (κ1) is 19.0. The molecule has 4 aliphatic carbocycles. The zero-order chi connectivity index (χ0) is 20.0. The van der Waals surface area contributed by atoms with Crippen molar-refractivity contribution < 1.29 is 24.2 Å². The van der Waals surface area contributed by atoms with Crippen molar-refractivity contribution in [3.63, 3.8) is 0 Å². The van der Waals surface area contributed by atoms with Crippen molar-refractivity contribution in [2.24, 2.45) is 28.6 Å². The quantitative estimate of drug-likeness (QED) is 0.738. The van der Waals surface area contributed by atoms with Crippen LogP contribution in [0.3, 0.4) is 0 Å². The highest BCUT2D eigenvalue weighted by atomic mass is 19.1. The molecule has 4 rings (SSSR count). The summed E-state index contributed by atoms with van der Waals surface area (Å²) < 4.78 is 16.8. The van der Waals surface area contributed by atoms with Gasteiger partial charge in [0, 0.05) is 16.7 Å². The van der Waals surface area contributed by atoms with Crippen LogP contribution in [0.4, 0.5) is 4.39 Å². The van der Waals surface area contributed by atoms with Crippen LogP contribution < -0.4 is 0 Å². The maximum Gasteiger partial charge on any atom is 0.178 e. The van der Waals surface area contributed by atoms with Gasteiger partial charge in [0.15, 0.2) is 17.2 Å². The number of aliphatic hydroxyl groups excluding tert-OH is 1. The summed E-state index contributed by atoms with van der Waals surface area (Å²) in [6, 6.07) is 0. The van der Waals surface area contributed by atoms with Crippen LogP contribution in [0, 0.1) is 28.6 Å². The van der Waals surface area contributed by atoms with E-state index >= 15 is 4.39 Å². The Hall–Kier alpha value is -1.33. The lowest BCUT2D eigenvalue weighted by Gasteiger charge is -2.62. The molecule has 2 N–H and O–H groups in total. The average molecular weight is 376 g/mol. The Morgan fingerprint density at radius 1 is 1.30 bits per heavy atom. The van der Waals surface area contributed by atoms with Crippen LogP contribution in [-0.4, -0.2) is 39.2 Å². The predicted octanol–water partition coefficient (Wildman–Crippen LogP) is 2.92. The van der Waals surface area contributed by atoms with Gasteiger partial charge in [-0.1, -0.05) is 25.5 Å². The topological polar surface area (TPSA) is 74.6 Å². The number of rotatable bonds is 1. The number of alkyl halides is 1. The molecular weight excluding hydrogens is 347 g/mol. The minimum absolute atomic E-state index is 0.0374. The third-order valence-corrected chi connectivity index (χ3v) is 8.76. The fourth-order valence-electron chi connectivity index (χ4n) is 7.30. The van der Waals surface area contributed by atoms with Crippen molar-refractivity contribution in [1.82, 2.24) is 0 Å². The van der Waals surface area contributed by atoms with Gasteiger partial charge in [0.2, 0.25) is 0 Å². The predicted molar refractivity (Wildman–Crippen MR) is 98.5 cm³/mol. The molecule has 0 radical (unpaired) electrons. The number of carbonyl (C=O) groups is 2. The molecule has 0 aromatic carbocycles. The molecule has 27 heavy (non-hydrogen) atoms. The zero-order valence-corrected chi connectivity index (χ0v) is 16.5. The monoisotopic (exact) mass is 376 g/mol. The standard InChI is InChI=1S/C22H29FO4/c1-12-9-17-16-6-5-14-10-15(25)7-8-19(14,3)21(16,23)18(26)11-20(17,4)22(12,27)13(2)24/h7-8,10,12,16-18,26-27H,5-6,9,11H2,1-4H3/t12-,16+,17+,18+,19+,20+,21+,22+/m1/s1. The van der Waals surface area contributed by atoms with E-state index in [1.54, 1.807) is 13.0 Å². The first-order valence-corrected chi connectivity index (χ1v) is 9.97. The molecule has 3 saturated carbocycles. The Kier molecular flexibility index (Phi) is 3.79. The molecule has 8 atom stereocenters. The van der Waals surface area contributed by atoms with E-state index in [-0.39, 0.29) is 29.8 Å². The van der Waals surface area contributed by atoms with Gasteiger partial charge in [-0.05, 0) is 63.5 Å². The van der Waals surface area contributed by atoms with Crippen LogP contribution >= 0.6 is 0 Å². The van der Waals surface area contributed by atoms with Crippen molar-refractivity contribution in [1.29, 1.82) is 0 Å². The highest BCUT2D eigenvalue weighted by Gasteiger charge is 2.75. The van der Waals surface area contributed by atoms with Gasteiger partial charge in [0.25, 0.3) is 0 Å². The SMILES string of the molecule is CC(=O)[C@@]1(O)[C@H](C)C[C@H]2[C@@H]3CCC4=CC(=O)C=C[C@]4(C)[C@@]3(F)[C@@H](O)C[C@@]21C. The zero-order valence-electron chi connectivity index (χ0n) is 16.5. The second-order valence-electron chi connectivity index (χ2n) is 9.72. The van der Waals surface area contributed by atoms with Gasteiger partial charge >= 0.3 is 0 Å². The van der Waals surface area contributed by atoms with Gasteiger partial charge in [-0.2, -0.15) is 0 Å². The van der Waals surface area contributed by atoms with Crippen LogP contribution in [-0.2, 0) is 9.59 Å². The lowest BCUT2D eigenvalue weighted by Crippen LogP contribution is -2.69. The van der Waals surface area contributed by atoms with E-state index < -0.39 is 34.1 Å². The summed E-state index contributed by atoms with van der Waals surface area (Å²) in [6.45, 7) is 6.87.